The fourth-order valence-electron chi connectivity index (χ4n) is 1.85. The van der Waals surface area contributed by atoms with Crippen LogP contribution in [0.5, 0.6) is 0 Å². The van der Waals surface area contributed by atoms with Gasteiger partial charge >= 0.3 is 0 Å². The van der Waals surface area contributed by atoms with Gasteiger partial charge in [0.15, 0.2) is 0 Å². The monoisotopic (exact) mass is 203 g/mol. The van der Waals surface area contributed by atoms with Crippen molar-refractivity contribution in [3.8, 4) is 0 Å². The molecule has 1 N–H and O–H groups in total. The zero-order valence-corrected chi connectivity index (χ0v) is 9.44. The maximum absolute atomic E-state index is 4.53. The van der Waals surface area contributed by atoms with E-state index in [1.54, 1.807) is 0 Å². The van der Waals surface area contributed by atoms with Gasteiger partial charge in [-0.1, -0.05) is 12.2 Å². The van der Waals surface area contributed by atoms with E-state index in [0.717, 1.165) is 0 Å². The van der Waals surface area contributed by atoms with Crippen molar-refractivity contribution in [1.82, 2.24) is 10.2 Å². The lowest BCUT2D eigenvalue weighted by atomic mass is 10.1. The first kappa shape index (κ1) is 10.0. The Bertz CT molecular complexity index is 363. The normalized spacial score (nSPS) is 29.7. The molecule has 0 aromatic carbocycles. The second kappa shape index (κ2) is 3.93. The number of hydrogen-bond donors (Lipinski definition) is 1. The average molecular weight is 203 g/mol. The van der Waals surface area contributed by atoms with Crippen LogP contribution in [-0.2, 0) is 0 Å². The molecule has 2 atom stereocenters. The molecular weight excluding hydrogens is 186 g/mol. The summed E-state index contributed by atoms with van der Waals surface area (Å²) in [6.45, 7) is 4.14. The third-order valence-corrected chi connectivity index (χ3v) is 2.65. The van der Waals surface area contributed by atoms with Crippen molar-refractivity contribution >= 4 is 6.21 Å². The number of rotatable bonds is 1. The minimum absolute atomic E-state index is 0.161. The first-order chi connectivity index (χ1) is 7.16. The van der Waals surface area contributed by atoms with Gasteiger partial charge in [-0.05, 0) is 31.2 Å². The summed E-state index contributed by atoms with van der Waals surface area (Å²) in [5.41, 5.74) is 2.45. The van der Waals surface area contributed by atoms with Crippen molar-refractivity contribution in [2.75, 3.05) is 7.05 Å². The maximum atomic E-state index is 4.53. The highest BCUT2D eigenvalue weighted by atomic mass is 15.2. The molecule has 0 radical (unpaired) electrons. The van der Waals surface area contributed by atoms with Crippen LogP contribution in [0.4, 0.5) is 0 Å². The molecule has 0 aromatic rings. The Labute approximate surface area is 90.9 Å². The van der Waals surface area contributed by atoms with Crippen LogP contribution in [0, 0.1) is 0 Å². The summed E-state index contributed by atoms with van der Waals surface area (Å²) in [5, 5.41) is 3.35. The highest BCUT2D eigenvalue weighted by Gasteiger charge is 2.22. The molecule has 2 aliphatic heterocycles. The minimum Gasteiger partial charge on any atom is -0.381 e. The van der Waals surface area contributed by atoms with Gasteiger partial charge in [0.05, 0.1) is 6.04 Å². The molecule has 0 saturated carbocycles. The van der Waals surface area contributed by atoms with E-state index in [2.05, 4.69) is 54.5 Å². The maximum Gasteiger partial charge on any atom is 0.144 e. The van der Waals surface area contributed by atoms with Crippen molar-refractivity contribution in [3.63, 3.8) is 0 Å². The van der Waals surface area contributed by atoms with Gasteiger partial charge in [0.2, 0.25) is 0 Å². The number of likely N-dealkylation sites (N-methyl/N-ethyl adjacent to an activating group) is 1. The highest BCUT2D eigenvalue weighted by molar-refractivity contribution is 5.78. The van der Waals surface area contributed by atoms with E-state index in [1.807, 2.05) is 12.4 Å². The van der Waals surface area contributed by atoms with Crippen LogP contribution in [0.25, 0.3) is 0 Å². The van der Waals surface area contributed by atoms with Gasteiger partial charge in [0.1, 0.15) is 6.17 Å². The Morgan fingerprint density at radius 3 is 2.73 bits per heavy atom. The smallest absolute Gasteiger partial charge is 0.144 e. The van der Waals surface area contributed by atoms with Crippen LogP contribution in [-0.4, -0.2) is 30.4 Å². The first-order valence-corrected chi connectivity index (χ1v) is 5.21. The van der Waals surface area contributed by atoms with Crippen molar-refractivity contribution in [2.24, 2.45) is 4.99 Å². The molecule has 80 valence electrons. The third-order valence-electron chi connectivity index (χ3n) is 2.65. The lowest BCUT2D eigenvalue weighted by Gasteiger charge is -2.33. The SMILES string of the molecule is CC1=CNC(C2N=CC(C)=CN2C)C=C1. The molecule has 0 amide bonds. The van der Waals surface area contributed by atoms with Crippen molar-refractivity contribution in [1.29, 1.82) is 0 Å². The molecule has 0 aromatic heterocycles. The van der Waals surface area contributed by atoms with E-state index < -0.39 is 0 Å². The third kappa shape index (κ3) is 2.12. The van der Waals surface area contributed by atoms with Gasteiger partial charge in [0.25, 0.3) is 0 Å². The van der Waals surface area contributed by atoms with Gasteiger partial charge in [0, 0.05) is 19.5 Å². The van der Waals surface area contributed by atoms with Crippen LogP contribution >= 0.6 is 0 Å². The van der Waals surface area contributed by atoms with Gasteiger partial charge in [-0.15, -0.1) is 0 Å². The summed E-state index contributed by atoms with van der Waals surface area (Å²) in [6, 6.07) is 0.263. The Kier molecular flexibility index (Phi) is 2.62. The second-order valence-electron chi connectivity index (χ2n) is 4.17. The summed E-state index contributed by atoms with van der Waals surface area (Å²) in [4.78, 5) is 6.67. The Morgan fingerprint density at radius 2 is 2.13 bits per heavy atom. The molecule has 2 unspecified atom stereocenters. The molecule has 3 nitrogen and oxygen atoms in total. The zero-order chi connectivity index (χ0) is 10.8. The fraction of sp³-hybridized carbons (Fsp3) is 0.417. The van der Waals surface area contributed by atoms with Crippen LogP contribution in [0.2, 0.25) is 0 Å². The number of dihydropyridines is 1. The molecule has 0 saturated heterocycles. The topological polar surface area (TPSA) is 27.6 Å². The molecule has 2 aliphatic rings. The molecule has 3 heteroatoms. The number of allylic oxidation sites excluding steroid dienone is 3. The van der Waals surface area contributed by atoms with Gasteiger partial charge in [-0.25, -0.2) is 0 Å². The van der Waals surface area contributed by atoms with Gasteiger partial charge in [-0.3, -0.25) is 4.99 Å². The minimum atomic E-state index is 0.161. The van der Waals surface area contributed by atoms with E-state index >= 15 is 0 Å². The molecule has 2 heterocycles. The summed E-state index contributed by atoms with van der Waals surface area (Å²) >= 11 is 0. The second-order valence-corrected chi connectivity index (χ2v) is 4.17. The predicted molar refractivity (Wildman–Crippen MR) is 63.6 cm³/mol. The molecular formula is C12H17N3. The Hall–Kier alpha value is -1.51. The summed E-state index contributed by atoms with van der Waals surface area (Å²) in [7, 11) is 2.06. The Balaban J connectivity index is 2.08. The molecule has 0 aliphatic carbocycles. The first-order valence-electron chi connectivity index (χ1n) is 5.21. The standard InChI is InChI=1S/C12H17N3/c1-9-4-5-11(13-6-9)12-14-7-10(2)8-15(12)3/h4-8,11-13H,1-3H3. The number of hydrogen-bond acceptors (Lipinski definition) is 3. The van der Waals surface area contributed by atoms with Gasteiger partial charge < -0.3 is 10.2 Å². The van der Waals surface area contributed by atoms with Crippen LogP contribution in [0.1, 0.15) is 13.8 Å². The van der Waals surface area contributed by atoms with Crippen molar-refractivity contribution in [3.05, 3.63) is 35.7 Å². The zero-order valence-electron chi connectivity index (χ0n) is 9.44. The Morgan fingerprint density at radius 1 is 1.33 bits per heavy atom. The predicted octanol–water partition coefficient (Wildman–Crippen LogP) is 1.66. The lowest BCUT2D eigenvalue weighted by molar-refractivity contribution is 0.295. The lowest BCUT2D eigenvalue weighted by Crippen LogP contribution is -2.45. The van der Waals surface area contributed by atoms with Crippen LogP contribution < -0.4 is 5.32 Å². The number of nitrogens with one attached hydrogen (secondary N) is 1. The van der Waals surface area contributed by atoms with E-state index in [1.165, 1.54) is 11.1 Å². The fourth-order valence-corrected chi connectivity index (χ4v) is 1.85. The quantitative estimate of drug-likeness (QED) is 0.702. The molecule has 0 fully saturated rings. The average Bonchev–Trinajstić information content (AvgIpc) is 2.20. The van der Waals surface area contributed by atoms with E-state index in [-0.39, 0.29) is 12.2 Å². The van der Waals surface area contributed by atoms with E-state index in [4.69, 9.17) is 0 Å². The molecule has 15 heavy (non-hydrogen) atoms. The largest absolute Gasteiger partial charge is 0.381 e. The number of aliphatic imine (C=N–C) groups is 1. The summed E-state index contributed by atoms with van der Waals surface area (Å²) < 4.78 is 0. The molecule has 0 spiro atoms. The van der Waals surface area contributed by atoms with Crippen LogP contribution in [0.3, 0.4) is 0 Å². The molecule has 2 rings (SSSR count). The molecule has 0 bridgehead atoms. The highest BCUT2D eigenvalue weighted by Crippen LogP contribution is 2.15. The van der Waals surface area contributed by atoms with Crippen LogP contribution in [0.15, 0.2) is 40.7 Å². The summed E-state index contributed by atoms with van der Waals surface area (Å²) in [6.07, 6.45) is 10.6. The van der Waals surface area contributed by atoms with E-state index in [9.17, 15) is 0 Å². The van der Waals surface area contributed by atoms with Gasteiger partial charge in [-0.2, -0.15) is 0 Å². The van der Waals surface area contributed by atoms with E-state index in [0.29, 0.717) is 0 Å². The number of nitrogens with zero attached hydrogens (tertiary/aromatic N) is 2. The van der Waals surface area contributed by atoms with Crippen molar-refractivity contribution in [2.45, 2.75) is 26.1 Å². The van der Waals surface area contributed by atoms with Crippen molar-refractivity contribution < 1.29 is 0 Å². The summed E-state index contributed by atoms with van der Waals surface area (Å²) in [5.74, 6) is 0.